The summed E-state index contributed by atoms with van der Waals surface area (Å²) in [5.41, 5.74) is 9.08. The van der Waals surface area contributed by atoms with Crippen molar-refractivity contribution in [3.63, 3.8) is 0 Å². The van der Waals surface area contributed by atoms with Crippen molar-refractivity contribution in [2.45, 2.75) is 20.8 Å². The van der Waals surface area contributed by atoms with E-state index in [-0.39, 0.29) is 0 Å². The van der Waals surface area contributed by atoms with Crippen molar-refractivity contribution in [1.82, 2.24) is 20.7 Å². The van der Waals surface area contributed by atoms with Gasteiger partial charge >= 0.3 is 0 Å². The smallest absolute Gasteiger partial charge is 0.130 e. The van der Waals surface area contributed by atoms with Crippen molar-refractivity contribution < 1.29 is 0 Å². The van der Waals surface area contributed by atoms with E-state index in [2.05, 4.69) is 71.6 Å². The van der Waals surface area contributed by atoms with Crippen LogP contribution in [0.15, 0.2) is 96.7 Å². The Hall–Kier alpha value is -3.57. The molecule has 1 heterocycles. The maximum Gasteiger partial charge on any atom is 0.130 e. The number of likely N-dealkylation sites (N-methyl/N-ethyl adjacent to an activating group) is 1. The lowest BCUT2D eigenvalue weighted by molar-refractivity contribution is 0.366. The fourth-order valence-electron chi connectivity index (χ4n) is 3.18. The molecule has 0 fully saturated rings. The average molecular weight is 430 g/mol. The lowest BCUT2D eigenvalue weighted by atomic mass is 10.0. The number of allylic oxidation sites excluding steroid dienone is 5. The number of hydrazine groups is 1. The fraction of sp³-hybridized carbons (Fsp3) is 0.222. The summed E-state index contributed by atoms with van der Waals surface area (Å²) in [6, 6.07) is 8.45. The van der Waals surface area contributed by atoms with Crippen molar-refractivity contribution in [2.24, 2.45) is 0 Å². The first-order valence-corrected chi connectivity index (χ1v) is 10.7. The van der Waals surface area contributed by atoms with Gasteiger partial charge in [-0.25, -0.2) is 10.4 Å². The third-order valence-electron chi connectivity index (χ3n) is 5.26. The number of fused-ring (bicyclic) bond motifs is 1. The number of pyridine rings is 1. The van der Waals surface area contributed by atoms with Gasteiger partial charge in [0, 0.05) is 50.3 Å². The highest BCUT2D eigenvalue weighted by Crippen LogP contribution is 2.24. The van der Waals surface area contributed by atoms with Gasteiger partial charge in [-0.2, -0.15) is 0 Å². The molecule has 0 aliphatic rings. The van der Waals surface area contributed by atoms with Crippen LogP contribution in [0.2, 0.25) is 0 Å². The van der Waals surface area contributed by atoms with Gasteiger partial charge in [-0.3, -0.25) is 0 Å². The van der Waals surface area contributed by atoms with Crippen LogP contribution in [-0.4, -0.2) is 31.1 Å². The molecule has 0 bridgehead atoms. The van der Waals surface area contributed by atoms with Crippen molar-refractivity contribution >= 4 is 22.2 Å². The van der Waals surface area contributed by atoms with Gasteiger partial charge in [0.15, 0.2) is 0 Å². The number of nitrogens with zero attached hydrogens (tertiary/aromatic N) is 2. The number of nitrogens with one attached hydrogen (secondary N) is 3. The van der Waals surface area contributed by atoms with Crippen LogP contribution in [-0.2, 0) is 0 Å². The van der Waals surface area contributed by atoms with Crippen LogP contribution in [0.25, 0.3) is 16.3 Å². The monoisotopic (exact) mass is 429 g/mol. The molecule has 0 atom stereocenters. The third kappa shape index (κ3) is 6.46. The normalized spacial score (nSPS) is 12.9. The van der Waals surface area contributed by atoms with Crippen LogP contribution >= 0.6 is 0 Å². The zero-order valence-corrected chi connectivity index (χ0v) is 20.1. The Morgan fingerprint density at radius 2 is 1.62 bits per heavy atom. The van der Waals surface area contributed by atoms with Crippen molar-refractivity contribution in [2.75, 3.05) is 26.5 Å². The van der Waals surface area contributed by atoms with Crippen LogP contribution in [0.3, 0.4) is 0 Å². The number of benzene rings is 1. The van der Waals surface area contributed by atoms with Gasteiger partial charge in [0.2, 0.25) is 0 Å². The van der Waals surface area contributed by atoms with Crippen molar-refractivity contribution in [3.05, 3.63) is 102 Å². The van der Waals surface area contributed by atoms with Gasteiger partial charge in [0.25, 0.3) is 0 Å². The second-order valence-corrected chi connectivity index (χ2v) is 7.43. The lowest BCUT2D eigenvalue weighted by Gasteiger charge is -2.14. The summed E-state index contributed by atoms with van der Waals surface area (Å²) in [4.78, 5) is 4.56. The summed E-state index contributed by atoms with van der Waals surface area (Å²) in [6.45, 7) is 14.3. The predicted octanol–water partition coefficient (Wildman–Crippen LogP) is 5.77. The second kappa shape index (κ2) is 11.7. The Kier molecular flexibility index (Phi) is 9.05. The molecule has 0 unspecified atom stereocenters. The molecular weight excluding hydrogens is 394 g/mol. The minimum Gasteiger partial charge on any atom is -0.388 e. The maximum absolute atomic E-state index is 4.56. The standard InChI is InChI=1S/C27H35N5/c1-9-22(20(4)28-6)11-12-23(10-2)21(5)31-27-16-26-15-24(13-14-25(26)17-30-27)19(3)18-32(8)29-7/h9-18,28-29H,4-5H2,1-3,6-8H3,(H,30,31)/b12-11-,19-18+,22-9+,23-10+. The largest absolute Gasteiger partial charge is 0.388 e. The molecular formula is C27H35N5. The van der Waals surface area contributed by atoms with Crippen LogP contribution in [0.1, 0.15) is 26.3 Å². The summed E-state index contributed by atoms with van der Waals surface area (Å²) in [6.07, 6.45) is 12.0. The van der Waals surface area contributed by atoms with E-state index in [0.717, 1.165) is 44.7 Å². The second-order valence-electron chi connectivity index (χ2n) is 7.43. The zero-order valence-electron chi connectivity index (χ0n) is 20.1. The molecule has 2 aromatic rings. The van der Waals surface area contributed by atoms with Gasteiger partial charge < -0.3 is 15.6 Å². The molecule has 5 heteroatoms. The average Bonchev–Trinajstić information content (AvgIpc) is 2.80. The van der Waals surface area contributed by atoms with E-state index >= 15 is 0 Å². The van der Waals surface area contributed by atoms with Crippen LogP contribution in [0.5, 0.6) is 0 Å². The Morgan fingerprint density at radius 1 is 0.969 bits per heavy atom. The number of anilines is 1. The SMILES string of the molecule is C=C(NC)C(/C=C\C(=C/C)C(=C)Nc1cc2cc(/C(C)=C/N(C)NC)ccc2cn1)=C/C. The van der Waals surface area contributed by atoms with Gasteiger partial charge in [-0.05, 0) is 60.6 Å². The summed E-state index contributed by atoms with van der Waals surface area (Å²) in [5.74, 6) is 0.757. The van der Waals surface area contributed by atoms with E-state index in [9.17, 15) is 0 Å². The first-order valence-electron chi connectivity index (χ1n) is 10.7. The number of hydrogen-bond acceptors (Lipinski definition) is 5. The van der Waals surface area contributed by atoms with Crippen molar-refractivity contribution in [1.29, 1.82) is 0 Å². The Labute approximate surface area is 192 Å². The van der Waals surface area contributed by atoms with E-state index in [1.807, 2.05) is 70.5 Å². The number of hydrogen-bond donors (Lipinski definition) is 3. The van der Waals surface area contributed by atoms with Gasteiger partial charge in [0.05, 0.1) is 0 Å². The first kappa shape index (κ1) is 24.7. The van der Waals surface area contributed by atoms with E-state index in [1.54, 1.807) is 0 Å². The molecule has 5 nitrogen and oxygen atoms in total. The topological polar surface area (TPSA) is 52.2 Å². The molecule has 0 saturated heterocycles. The first-order chi connectivity index (χ1) is 15.3. The minimum atomic E-state index is 0.757. The molecule has 0 aliphatic carbocycles. The van der Waals surface area contributed by atoms with E-state index < -0.39 is 0 Å². The Balaban J connectivity index is 2.25. The van der Waals surface area contributed by atoms with Crippen LogP contribution in [0, 0.1) is 0 Å². The summed E-state index contributed by atoms with van der Waals surface area (Å²) >= 11 is 0. The molecule has 168 valence electrons. The van der Waals surface area contributed by atoms with Gasteiger partial charge in [0.1, 0.15) is 5.82 Å². The van der Waals surface area contributed by atoms with Gasteiger partial charge in [-0.15, -0.1) is 0 Å². The molecule has 0 saturated carbocycles. The molecule has 2 rings (SSSR count). The zero-order chi connectivity index (χ0) is 23.7. The van der Waals surface area contributed by atoms with Crippen LogP contribution in [0.4, 0.5) is 5.82 Å². The highest BCUT2D eigenvalue weighted by Gasteiger charge is 2.05. The molecule has 0 amide bonds. The molecule has 32 heavy (non-hydrogen) atoms. The predicted molar refractivity (Wildman–Crippen MR) is 140 cm³/mol. The van der Waals surface area contributed by atoms with E-state index in [4.69, 9.17) is 0 Å². The Bertz CT molecular complexity index is 1100. The lowest BCUT2D eigenvalue weighted by Crippen LogP contribution is -2.25. The maximum atomic E-state index is 4.56. The van der Waals surface area contributed by atoms with Crippen LogP contribution < -0.4 is 16.1 Å². The molecule has 3 N–H and O–H groups in total. The van der Waals surface area contributed by atoms with E-state index in [0.29, 0.717) is 0 Å². The third-order valence-corrected chi connectivity index (χ3v) is 5.26. The summed E-state index contributed by atoms with van der Waals surface area (Å²) in [7, 11) is 5.73. The quantitative estimate of drug-likeness (QED) is 0.331. The summed E-state index contributed by atoms with van der Waals surface area (Å²) < 4.78 is 0. The highest BCUT2D eigenvalue weighted by atomic mass is 15.5. The molecule has 0 radical (unpaired) electrons. The molecule has 0 spiro atoms. The Morgan fingerprint density at radius 3 is 2.22 bits per heavy atom. The number of rotatable bonds is 10. The summed E-state index contributed by atoms with van der Waals surface area (Å²) in [5, 5.41) is 10.6. The molecule has 1 aromatic carbocycles. The number of aromatic nitrogens is 1. The highest BCUT2D eigenvalue weighted by molar-refractivity contribution is 5.87. The van der Waals surface area contributed by atoms with Gasteiger partial charge in [-0.1, -0.05) is 49.6 Å². The van der Waals surface area contributed by atoms with Crippen molar-refractivity contribution in [3.8, 4) is 0 Å². The molecule has 1 aromatic heterocycles. The minimum absolute atomic E-state index is 0.757. The van der Waals surface area contributed by atoms with E-state index in [1.165, 1.54) is 5.57 Å². The molecule has 0 aliphatic heterocycles. The fourth-order valence-corrected chi connectivity index (χ4v) is 3.18.